The Hall–Kier alpha value is -1.62. The van der Waals surface area contributed by atoms with Gasteiger partial charge < -0.3 is 15.7 Å². The van der Waals surface area contributed by atoms with E-state index >= 15 is 0 Å². The quantitative estimate of drug-likeness (QED) is 0.516. The summed E-state index contributed by atoms with van der Waals surface area (Å²) in [5, 5.41) is 17.4. The molecule has 1 aromatic heterocycles. The molecular weight excluding hydrogens is 216 g/mol. The van der Waals surface area contributed by atoms with Crippen LogP contribution in [0.15, 0.2) is 18.3 Å². The maximum Gasteiger partial charge on any atom is 0.143 e. The number of nitrogens with zero attached hydrogens (tertiary/aromatic N) is 2. The van der Waals surface area contributed by atoms with Crippen LogP contribution in [0.3, 0.4) is 0 Å². The molecule has 0 aliphatic carbocycles. The van der Waals surface area contributed by atoms with Crippen molar-refractivity contribution in [1.29, 1.82) is 5.41 Å². The van der Waals surface area contributed by atoms with Crippen LogP contribution in [-0.4, -0.2) is 35.1 Å². The number of nitrogens with one attached hydrogen (secondary N) is 1. The zero-order valence-corrected chi connectivity index (χ0v) is 9.93. The molecule has 4 N–H and O–H groups in total. The Labute approximate surface area is 101 Å². The predicted octanol–water partition coefficient (Wildman–Crippen LogP) is 0.573. The van der Waals surface area contributed by atoms with Gasteiger partial charge in [-0.2, -0.15) is 0 Å². The van der Waals surface area contributed by atoms with Crippen LogP contribution in [0.4, 0.5) is 5.69 Å². The predicted molar refractivity (Wildman–Crippen MR) is 67.3 cm³/mol. The fourth-order valence-corrected chi connectivity index (χ4v) is 2.13. The lowest BCUT2D eigenvalue weighted by atomic mass is 9.95. The van der Waals surface area contributed by atoms with Gasteiger partial charge >= 0.3 is 0 Å². The molecule has 1 saturated heterocycles. The fourth-order valence-electron chi connectivity index (χ4n) is 2.13. The SMILES string of the molecule is CC1CCN(c2cccnc2C(=N)N)CC1O. The number of rotatable bonds is 2. The normalized spacial score (nSPS) is 24.7. The monoisotopic (exact) mass is 234 g/mol. The van der Waals surface area contributed by atoms with Crippen LogP contribution < -0.4 is 10.6 Å². The van der Waals surface area contributed by atoms with Gasteiger partial charge in [-0.05, 0) is 24.5 Å². The summed E-state index contributed by atoms with van der Waals surface area (Å²) >= 11 is 0. The van der Waals surface area contributed by atoms with E-state index < -0.39 is 0 Å². The van der Waals surface area contributed by atoms with Gasteiger partial charge in [-0.1, -0.05) is 6.92 Å². The number of aliphatic hydroxyl groups excluding tert-OH is 1. The molecule has 17 heavy (non-hydrogen) atoms. The third kappa shape index (κ3) is 2.39. The lowest BCUT2D eigenvalue weighted by molar-refractivity contribution is 0.103. The minimum absolute atomic E-state index is 0.0336. The summed E-state index contributed by atoms with van der Waals surface area (Å²) in [4.78, 5) is 6.17. The van der Waals surface area contributed by atoms with Crippen LogP contribution in [0.5, 0.6) is 0 Å². The molecule has 5 nitrogen and oxygen atoms in total. The minimum atomic E-state index is -0.330. The van der Waals surface area contributed by atoms with E-state index in [1.807, 2.05) is 12.1 Å². The number of β-amino-alcohol motifs (C(OH)–C–C–N with tert-alkyl or cyclic N) is 1. The topological polar surface area (TPSA) is 86.2 Å². The zero-order chi connectivity index (χ0) is 12.4. The van der Waals surface area contributed by atoms with Gasteiger partial charge in [-0.3, -0.25) is 10.4 Å². The molecule has 0 radical (unpaired) electrons. The summed E-state index contributed by atoms with van der Waals surface area (Å²) in [6.45, 7) is 3.49. The highest BCUT2D eigenvalue weighted by Crippen LogP contribution is 2.25. The smallest absolute Gasteiger partial charge is 0.143 e. The van der Waals surface area contributed by atoms with Crippen LogP contribution in [0.1, 0.15) is 19.0 Å². The van der Waals surface area contributed by atoms with E-state index in [-0.39, 0.29) is 11.9 Å². The van der Waals surface area contributed by atoms with E-state index in [4.69, 9.17) is 11.1 Å². The highest BCUT2D eigenvalue weighted by Gasteiger charge is 2.26. The summed E-state index contributed by atoms with van der Waals surface area (Å²) in [6.07, 6.45) is 2.24. The number of aromatic nitrogens is 1. The molecule has 92 valence electrons. The van der Waals surface area contributed by atoms with Crippen LogP contribution in [0.25, 0.3) is 0 Å². The maximum atomic E-state index is 9.89. The largest absolute Gasteiger partial charge is 0.391 e. The Balaban J connectivity index is 2.25. The van der Waals surface area contributed by atoms with Crippen molar-refractivity contribution in [2.75, 3.05) is 18.0 Å². The van der Waals surface area contributed by atoms with Gasteiger partial charge in [0.2, 0.25) is 0 Å². The molecule has 2 heterocycles. The minimum Gasteiger partial charge on any atom is -0.391 e. The number of amidine groups is 1. The Morgan fingerprint density at radius 3 is 3.06 bits per heavy atom. The molecule has 1 fully saturated rings. The van der Waals surface area contributed by atoms with Crippen LogP contribution >= 0.6 is 0 Å². The number of aliphatic hydroxyl groups is 1. The maximum absolute atomic E-state index is 9.89. The van der Waals surface area contributed by atoms with Gasteiger partial charge in [0.15, 0.2) is 0 Å². The van der Waals surface area contributed by atoms with E-state index in [1.165, 1.54) is 0 Å². The first kappa shape index (κ1) is 11.9. The molecule has 0 spiro atoms. The lowest BCUT2D eigenvalue weighted by Crippen LogP contribution is -2.43. The first-order valence-electron chi connectivity index (χ1n) is 5.82. The Kier molecular flexibility index (Phi) is 3.28. The van der Waals surface area contributed by atoms with Crippen molar-refractivity contribution >= 4 is 11.5 Å². The average Bonchev–Trinajstić information content (AvgIpc) is 2.32. The van der Waals surface area contributed by atoms with Gasteiger partial charge in [0, 0.05) is 19.3 Å². The van der Waals surface area contributed by atoms with Crippen LogP contribution in [-0.2, 0) is 0 Å². The second-order valence-corrected chi connectivity index (χ2v) is 4.56. The van der Waals surface area contributed by atoms with Gasteiger partial charge in [0.25, 0.3) is 0 Å². The third-order valence-corrected chi connectivity index (χ3v) is 3.30. The van der Waals surface area contributed by atoms with Gasteiger partial charge in [-0.15, -0.1) is 0 Å². The lowest BCUT2D eigenvalue weighted by Gasteiger charge is -2.36. The van der Waals surface area contributed by atoms with Crippen molar-refractivity contribution in [3.63, 3.8) is 0 Å². The number of pyridine rings is 1. The van der Waals surface area contributed by atoms with Crippen molar-refractivity contribution in [1.82, 2.24) is 4.98 Å². The first-order valence-corrected chi connectivity index (χ1v) is 5.82. The molecule has 0 amide bonds. The highest BCUT2D eigenvalue weighted by molar-refractivity contribution is 5.98. The zero-order valence-electron chi connectivity index (χ0n) is 9.93. The number of anilines is 1. The molecule has 2 rings (SSSR count). The second-order valence-electron chi connectivity index (χ2n) is 4.56. The summed E-state index contributed by atoms with van der Waals surface area (Å²) in [6, 6.07) is 3.72. The van der Waals surface area contributed by atoms with E-state index in [9.17, 15) is 5.11 Å². The van der Waals surface area contributed by atoms with Crippen LogP contribution in [0.2, 0.25) is 0 Å². The first-order chi connectivity index (χ1) is 8.09. The molecule has 0 saturated carbocycles. The molecule has 1 aliphatic heterocycles. The molecular formula is C12H18N4O. The van der Waals surface area contributed by atoms with E-state index in [0.717, 1.165) is 18.7 Å². The standard InChI is InChI=1S/C12H18N4O/c1-8-4-6-16(7-10(8)17)9-3-2-5-15-11(9)12(13)14/h2-3,5,8,10,17H,4,6-7H2,1H3,(H3,13,14). The second kappa shape index (κ2) is 4.71. The summed E-state index contributed by atoms with van der Waals surface area (Å²) in [7, 11) is 0. The van der Waals surface area contributed by atoms with Crippen molar-refractivity contribution in [2.24, 2.45) is 11.7 Å². The molecule has 0 bridgehead atoms. The Morgan fingerprint density at radius 2 is 2.41 bits per heavy atom. The van der Waals surface area contributed by atoms with Crippen molar-refractivity contribution < 1.29 is 5.11 Å². The number of piperidine rings is 1. The summed E-state index contributed by atoms with van der Waals surface area (Å²) in [5.74, 6) is 0.289. The van der Waals surface area contributed by atoms with E-state index in [1.54, 1.807) is 6.20 Å². The number of nitrogen functional groups attached to an aromatic ring is 1. The number of hydrogen-bond acceptors (Lipinski definition) is 4. The van der Waals surface area contributed by atoms with Gasteiger partial charge in [0.05, 0.1) is 11.8 Å². The molecule has 0 aromatic carbocycles. The molecule has 1 aromatic rings. The number of hydrogen-bond donors (Lipinski definition) is 3. The fraction of sp³-hybridized carbons (Fsp3) is 0.500. The van der Waals surface area contributed by atoms with Crippen molar-refractivity contribution in [2.45, 2.75) is 19.4 Å². The van der Waals surface area contributed by atoms with E-state index in [0.29, 0.717) is 18.2 Å². The highest BCUT2D eigenvalue weighted by atomic mass is 16.3. The molecule has 5 heteroatoms. The Morgan fingerprint density at radius 1 is 1.65 bits per heavy atom. The van der Waals surface area contributed by atoms with Crippen molar-refractivity contribution in [3.8, 4) is 0 Å². The number of nitrogens with two attached hydrogens (primary N) is 1. The van der Waals surface area contributed by atoms with Gasteiger partial charge in [0.1, 0.15) is 11.5 Å². The molecule has 1 aliphatic rings. The third-order valence-electron chi connectivity index (χ3n) is 3.30. The molecule has 2 unspecified atom stereocenters. The molecule has 2 atom stereocenters. The van der Waals surface area contributed by atoms with Crippen LogP contribution in [0, 0.1) is 11.3 Å². The Bertz CT molecular complexity index is 421. The van der Waals surface area contributed by atoms with Crippen molar-refractivity contribution in [3.05, 3.63) is 24.0 Å². The van der Waals surface area contributed by atoms with Gasteiger partial charge in [-0.25, -0.2) is 0 Å². The summed E-state index contributed by atoms with van der Waals surface area (Å²) in [5.41, 5.74) is 6.85. The average molecular weight is 234 g/mol. The van der Waals surface area contributed by atoms with E-state index in [2.05, 4.69) is 16.8 Å². The summed E-state index contributed by atoms with van der Waals surface area (Å²) < 4.78 is 0.